The molecule has 0 spiro atoms. The van der Waals surface area contributed by atoms with E-state index in [0.29, 0.717) is 5.56 Å². The summed E-state index contributed by atoms with van der Waals surface area (Å²) < 4.78 is 0. The average molecular weight is 396 g/mol. The Bertz CT molecular complexity index is 776. The minimum Gasteiger partial charge on any atom is -0.375 e. The fraction of sp³-hybridized carbons (Fsp3) is 0.391. The molecular formula is C23H33N5O. The standard InChI is InChI=1S/C23H33N5O/c1-24-22(29)20-11-9-10-19(18-20)14-16-27-23(25-2)26-15-7-8-17-28(3)21-12-5-4-6-13-21/h4-6,9-13,18H,7-8,14-17H2,1-3H3,(H,24,29)(H2,25,26,27). The minimum absolute atomic E-state index is 0.0600. The van der Waals surface area contributed by atoms with Crippen LogP contribution in [0.25, 0.3) is 0 Å². The molecule has 0 heterocycles. The van der Waals surface area contributed by atoms with E-state index in [1.807, 2.05) is 30.3 Å². The summed E-state index contributed by atoms with van der Waals surface area (Å²) in [5, 5.41) is 9.35. The van der Waals surface area contributed by atoms with Gasteiger partial charge in [-0.25, -0.2) is 0 Å². The number of benzene rings is 2. The van der Waals surface area contributed by atoms with E-state index in [0.717, 1.165) is 50.4 Å². The van der Waals surface area contributed by atoms with Gasteiger partial charge in [0.05, 0.1) is 0 Å². The lowest BCUT2D eigenvalue weighted by molar-refractivity contribution is 0.0963. The fourth-order valence-corrected chi connectivity index (χ4v) is 3.05. The molecule has 0 saturated heterocycles. The molecule has 0 saturated carbocycles. The summed E-state index contributed by atoms with van der Waals surface area (Å²) >= 11 is 0. The lowest BCUT2D eigenvalue weighted by atomic mass is 10.1. The Labute approximate surface area is 174 Å². The number of unbranched alkanes of at least 4 members (excludes halogenated alkanes) is 1. The second-order valence-corrected chi connectivity index (χ2v) is 6.92. The number of para-hydroxylation sites is 1. The van der Waals surface area contributed by atoms with Gasteiger partial charge in [-0.1, -0.05) is 30.3 Å². The lowest BCUT2D eigenvalue weighted by Crippen LogP contribution is -2.38. The quantitative estimate of drug-likeness (QED) is 0.329. The zero-order valence-corrected chi connectivity index (χ0v) is 17.7. The van der Waals surface area contributed by atoms with E-state index in [9.17, 15) is 4.79 Å². The summed E-state index contributed by atoms with van der Waals surface area (Å²) in [5.41, 5.74) is 3.06. The first kappa shape index (κ1) is 22.3. The van der Waals surface area contributed by atoms with Crippen LogP contribution in [0.2, 0.25) is 0 Å². The molecule has 0 aliphatic heterocycles. The first-order chi connectivity index (χ1) is 14.1. The van der Waals surface area contributed by atoms with Gasteiger partial charge < -0.3 is 20.9 Å². The summed E-state index contributed by atoms with van der Waals surface area (Å²) in [6.45, 7) is 2.67. The Morgan fingerprint density at radius 1 is 1.00 bits per heavy atom. The van der Waals surface area contributed by atoms with Crippen molar-refractivity contribution in [2.75, 3.05) is 45.7 Å². The molecule has 6 nitrogen and oxygen atoms in total. The van der Waals surface area contributed by atoms with Crippen LogP contribution < -0.4 is 20.9 Å². The van der Waals surface area contributed by atoms with Crippen LogP contribution >= 0.6 is 0 Å². The predicted molar refractivity (Wildman–Crippen MR) is 122 cm³/mol. The summed E-state index contributed by atoms with van der Waals surface area (Å²) in [7, 11) is 5.55. The van der Waals surface area contributed by atoms with Crippen molar-refractivity contribution in [3.8, 4) is 0 Å². The number of nitrogens with zero attached hydrogens (tertiary/aromatic N) is 2. The molecule has 0 aliphatic carbocycles. The SMILES string of the molecule is CN=C(NCCCCN(C)c1ccccc1)NCCc1cccc(C(=O)NC)c1. The van der Waals surface area contributed by atoms with Crippen LogP contribution in [0.5, 0.6) is 0 Å². The molecule has 0 fully saturated rings. The minimum atomic E-state index is -0.0600. The Morgan fingerprint density at radius 3 is 2.48 bits per heavy atom. The molecule has 2 aromatic rings. The van der Waals surface area contributed by atoms with E-state index in [1.165, 1.54) is 5.69 Å². The summed E-state index contributed by atoms with van der Waals surface area (Å²) in [4.78, 5) is 18.3. The first-order valence-corrected chi connectivity index (χ1v) is 10.2. The van der Waals surface area contributed by atoms with Gasteiger partial charge in [-0.15, -0.1) is 0 Å². The fourth-order valence-electron chi connectivity index (χ4n) is 3.05. The molecular weight excluding hydrogens is 362 g/mol. The highest BCUT2D eigenvalue weighted by Crippen LogP contribution is 2.11. The van der Waals surface area contributed by atoms with E-state index < -0.39 is 0 Å². The van der Waals surface area contributed by atoms with Crippen LogP contribution in [0.15, 0.2) is 59.6 Å². The van der Waals surface area contributed by atoms with Crippen molar-refractivity contribution in [1.29, 1.82) is 0 Å². The molecule has 156 valence electrons. The topological polar surface area (TPSA) is 68.8 Å². The second kappa shape index (κ2) is 12.4. The van der Waals surface area contributed by atoms with Crippen molar-refractivity contribution < 1.29 is 4.79 Å². The van der Waals surface area contributed by atoms with E-state index in [1.54, 1.807) is 14.1 Å². The van der Waals surface area contributed by atoms with Crippen LogP contribution in [0.4, 0.5) is 5.69 Å². The molecule has 0 atom stereocenters. The molecule has 2 aromatic carbocycles. The number of guanidine groups is 1. The van der Waals surface area contributed by atoms with Crippen molar-refractivity contribution in [3.63, 3.8) is 0 Å². The molecule has 0 aliphatic rings. The van der Waals surface area contributed by atoms with Crippen LogP contribution in [0, 0.1) is 0 Å². The first-order valence-electron chi connectivity index (χ1n) is 10.2. The van der Waals surface area contributed by atoms with Crippen molar-refractivity contribution >= 4 is 17.6 Å². The molecule has 1 amide bonds. The average Bonchev–Trinajstić information content (AvgIpc) is 2.77. The Kier molecular flexibility index (Phi) is 9.55. The normalized spacial score (nSPS) is 11.1. The van der Waals surface area contributed by atoms with Gasteiger partial charge in [-0.2, -0.15) is 0 Å². The van der Waals surface area contributed by atoms with Crippen LogP contribution in [0.1, 0.15) is 28.8 Å². The van der Waals surface area contributed by atoms with Crippen LogP contribution in [-0.2, 0) is 6.42 Å². The summed E-state index contributed by atoms with van der Waals surface area (Å²) in [6.07, 6.45) is 3.02. The number of amides is 1. The maximum atomic E-state index is 11.7. The molecule has 0 unspecified atom stereocenters. The third-order valence-electron chi connectivity index (χ3n) is 4.76. The highest BCUT2D eigenvalue weighted by molar-refractivity contribution is 5.94. The Hall–Kier alpha value is -3.02. The number of nitrogens with one attached hydrogen (secondary N) is 3. The van der Waals surface area contributed by atoms with Crippen molar-refractivity contribution in [1.82, 2.24) is 16.0 Å². The van der Waals surface area contributed by atoms with Gasteiger partial charge in [-0.05, 0) is 49.1 Å². The Balaban J connectivity index is 1.64. The predicted octanol–water partition coefficient (Wildman–Crippen LogP) is 2.67. The van der Waals surface area contributed by atoms with Crippen molar-refractivity contribution in [2.45, 2.75) is 19.3 Å². The van der Waals surface area contributed by atoms with Crippen LogP contribution in [-0.4, -0.2) is 52.6 Å². The molecule has 0 bridgehead atoms. The monoisotopic (exact) mass is 395 g/mol. The van der Waals surface area contributed by atoms with Gasteiger partial charge in [0.25, 0.3) is 5.91 Å². The van der Waals surface area contributed by atoms with Gasteiger partial charge in [0.15, 0.2) is 5.96 Å². The van der Waals surface area contributed by atoms with Gasteiger partial charge in [0.1, 0.15) is 0 Å². The number of carbonyl (C=O) groups excluding carboxylic acids is 1. The third-order valence-corrected chi connectivity index (χ3v) is 4.76. The largest absolute Gasteiger partial charge is 0.375 e. The molecule has 2 rings (SSSR count). The second-order valence-electron chi connectivity index (χ2n) is 6.92. The van der Waals surface area contributed by atoms with Gasteiger partial charge in [0.2, 0.25) is 0 Å². The van der Waals surface area contributed by atoms with E-state index >= 15 is 0 Å². The number of hydrogen-bond acceptors (Lipinski definition) is 3. The van der Waals surface area contributed by atoms with E-state index in [4.69, 9.17) is 0 Å². The lowest BCUT2D eigenvalue weighted by Gasteiger charge is -2.19. The number of carbonyl (C=O) groups is 1. The van der Waals surface area contributed by atoms with Crippen molar-refractivity contribution in [2.24, 2.45) is 4.99 Å². The molecule has 3 N–H and O–H groups in total. The van der Waals surface area contributed by atoms with E-state index in [2.05, 4.69) is 57.2 Å². The molecule has 0 radical (unpaired) electrons. The Morgan fingerprint density at radius 2 is 1.76 bits per heavy atom. The number of hydrogen-bond donors (Lipinski definition) is 3. The van der Waals surface area contributed by atoms with Gasteiger partial charge in [0, 0.05) is 52.0 Å². The third kappa shape index (κ3) is 7.86. The molecule has 0 aromatic heterocycles. The highest BCUT2D eigenvalue weighted by Gasteiger charge is 2.04. The molecule has 6 heteroatoms. The van der Waals surface area contributed by atoms with Gasteiger partial charge in [-0.3, -0.25) is 9.79 Å². The summed E-state index contributed by atoms with van der Waals surface area (Å²) in [5.74, 6) is 0.749. The zero-order chi connectivity index (χ0) is 20.9. The van der Waals surface area contributed by atoms with E-state index in [-0.39, 0.29) is 5.91 Å². The zero-order valence-electron chi connectivity index (χ0n) is 17.7. The number of aliphatic imine (C=N–C) groups is 1. The maximum Gasteiger partial charge on any atom is 0.251 e. The van der Waals surface area contributed by atoms with Gasteiger partial charge >= 0.3 is 0 Å². The van der Waals surface area contributed by atoms with Crippen LogP contribution in [0.3, 0.4) is 0 Å². The highest BCUT2D eigenvalue weighted by atomic mass is 16.1. The smallest absolute Gasteiger partial charge is 0.251 e. The summed E-state index contributed by atoms with van der Waals surface area (Å²) in [6, 6.07) is 18.1. The maximum absolute atomic E-state index is 11.7. The number of rotatable bonds is 10. The number of anilines is 1. The molecule has 29 heavy (non-hydrogen) atoms. The van der Waals surface area contributed by atoms with Crippen molar-refractivity contribution in [3.05, 3.63) is 65.7 Å².